The van der Waals surface area contributed by atoms with Crippen molar-refractivity contribution in [2.24, 2.45) is 0 Å². The van der Waals surface area contributed by atoms with Crippen molar-refractivity contribution in [1.29, 1.82) is 0 Å². The molecule has 0 saturated heterocycles. The summed E-state index contributed by atoms with van der Waals surface area (Å²) < 4.78 is 5.95. The predicted molar refractivity (Wildman–Crippen MR) is 65.4 cm³/mol. The van der Waals surface area contributed by atoms with Gasteiger partial charge in [0, 0.05) is 17.7 Å². The van der Waals surface area contributed by atoms with Crippen molar-refractivity contribution >= 4 is 28.7 Å². The van der Waals surface area contributed by atoms with Crippen molar-refractivity contribution in [3.05, 3.63) is 45.0 Å². The lowest BCUT2D eigenvalue weighted by molar-refractivity contribution is 0.0992. The van der Waals surface area contributed by atoms with Gasteiger partial charge in [-0.25, -0.2) is 0 Å². The zero-order chi connectivity index (χ0) is 11.5. The van der Waals surface area contributed by atoms with Gasteiger partial charge < -0.3 is 4.42 Å². The molecule has 2 aromatic heterocycles. The highest BCUT2D eigenvalue weighted by Gasteiger charge is 2.14. The smallest absolute Gasteiger partial charge is 0.171 e. The molecular formula is C12H11ClO2S. The molecule has 2 aromatic rings. The van der Waals surface area contributed by atoms with Gasteiger partial charge >= 0.3 is 0 Å². The van der Waals surface area contributed by atoms with Crippen LogP contribution in [0.4, 0.5) is 0 Å². The number of hydrogen-bond donors (Lipinski definition) is 0. The minimum atomic E-state index is 0.0871. The maximum atomic E-state index is 12.0. The van der Waals surface area contributed by atoms with Crippen molar-refractivity contribution < 1.29 is 9.21 Å². The van der Waals surface area contributed by atoms with Crippen LogP contribution in [0.3, 0.4) is 0 Å². The van der Waals surface area contributed by atoms with E-state index in [4.69, 9.17) is 16.0 Å². The second-order valence-corrected chi connectivity index (χ2v) is 5.22. The van der Waals surface area contributed by atoms with Crippen molar-refractivity contribution in [3.8, 4) is 0 Å². The first-order chi connectivity index (χ1) is 7.70. The van der Waals surface area contributed by atoms with E-state index in [-0.39, 0.29) is 5.78 Å². The Hall–Kier alpha value is -1.06. The Labute approximate surface area is 103 Å². The maximum absolute atomic E-state index is 12.0. The molecule has 2 rings (SSSR count). The number of ketones is 1. The van der Waals surface area contributed by atoms with Gasteiger partial charge in [0.05, 0.1) is 16.2 Å². The van der Waals surface area contributed by atoms with Crippen LogP contribution in [0.5, 0.6) is 0 Å². The summed E-state index contributed by atoms with van der Waals surface area (Å²) in [6.45, 7) is 1.97. The molecule has 0 saturated carbocycles. The Balaban J connectivity index is 2.14. The summed E-state index contributed by atoms with van der Waals surface area (Å²) in [5.74, 6) is 0.844. The Kier molecular flexibility index (Phi) is 3.46. The first-order valence-electron chi connectivity index (χ1n) is 5.04. The lowest BCUT2D eigenvalue weighted by Gasteiger charge is -1.98. The Bertz CT molecular complexity index is 499. The summed E-state index contributed by atoms with van der Waals surface area (Å²) in [4.78, 5) is 13.0. The van der Waals surface area contributed by atoms with E-state index in [2.05, 4.69) is 0 Å². The van der Waals surface area contributed by atoms with Crippen LogP contribution in [0, 0.1) is 0 Å². The number of furan rings is 1. The minimum Gasteiger partial charge on any atom is -0.469 e. The van der Waals surface area contributed by atoms with Crippen molar-refractivity contribution in [3.63, 3.8) is 0 Å². The van der Waals surface area contributed by atoms with Gasteiger partial charge in [-0.1, -0.05) is 18.5 Å². The molecule has 0 bridgehead atoms. The molecule has 4 heteroatoms. The van der Waals surface area contributed by atoms with Gasteiger partial charge in [0.2, 0.25) is 0 Å². The van der Waals surface area contributed by atoms with E-state index < -0.39 is 0 Å². The summed E-state index contributed by atoms with van der Waals surface area (Å²) >= 11 is 7.26. The van der Waals surface area contributed by atoms with Crippen LogP contribution in [0.25, 0.3) is 0 Å². The van der Waals surface area contributed by atoms with Crippen LogP contribution in [0.2, 0.25) is 4.34 Å². The zero-order valence-electron chi connectivity index (χ0n) is 8.83. The van der Waals surface area contributed by atoms with Crippen LogP contribution >= 0.6 is 22.9 Å². The van der Waals surface area contributed by atoms with Gasteiger partial charge in [-0.3, -0.25) is 4.79 Å². The molecule has 16 heavy (non-hydrogen) atoms. The summed E-state index contributed by atoms with van der Waals surface area (Å²) in [5, 5.41) is 0. The molecule has 0 aliphatic heterocycles. The average molecular weight is 255 g/mol. The second-order valence-electron chi connectivity index (χ2n) is 3.42. The summed E-state index contributed by atoms with van der Waals surface area (Å²) in [7, 11) is 0. The van der Waals surface area contributed by atoms with E-state index in [9.17, 15) is 4.79 Å². The Morgan fingerprint density at radius 2 is 2.25 bits per heavy atom. The number of thiophene rings is 1. The van der Waals surface area contributed by atoms with Gasteiger partial charge in [0.15, 0.2) is 5.78 Å². The highest BCUT2D eigenvalue weighted by atomic mass is 35.5. The van der Waals surface area contributed by atoms with Crippen LogP contribution in [-0.4, -0.2) is 5.78 Å². The Morgan fingerprint density at radius 1 is 1.44 bits per heavy atom. The topological polar surface area (TPSA) is 30.2 Å². The fourth-order valence-electron chi connectivity index (χ4n) is 1.56. The van der Waals surface area contributed by atoms with Gasteiger partial charge in [0.1, 0.15) is 5.76 Å². The molecule has 0 radical (unpaired) electrons. The number of rotatable bonds is 4. The fraction of sp³-hybridized carbons (Fsp3) is 0.250. The third-order valence-electron chi connectivity index (χ3n) is 2.33. The molecule has 0 unspecified atom stereocenters. The van der Waals surface area contributed by atoms with Gasteiger partial charge in [-0.2, -0.15) is 0 Å². The van der Waals surface area contributed by atoms with Crippen molar-refractivity contribution in [2.45, 2.75) is 19.8 Å². The van der Waals surface area contributed by atoms with Crippen molar-refractivity contribution in [2.75, 3.05) is 0 Å². The third kappa shape index (κ3) is 2.36. The minimum absolute atomic E-state index is 0.0871. The molecule has 0 aromatic carbocycles. The molecule has 0 aliphatic rings. The predicted octanol–water partition coefficient (Wildman–Crippen LogP) is 3.98. The van der Waals surface area contributed by atoms with Gasteiger partial charge in [0.25, 0.3) is 0 Å². The van der Waals surface area contributed by atoms with E-state index >= 15 is 0 Å². The van der Waals surface area contributed by atoms with Crippen LogP contribution in [0.1, 0.15) is 27.9 Å². The van der Waals surface area contributed by atoms with Gasteiger partial charge in [-0.15, -0.1) is 11.3 Å². The first-order valence-corrected chi connectivity index (χ1v) is 6.24. The monoisotopic (exact) mass is 254 g/mol. The molecule has 0 spiro atoms. The van der Waals surface area contributed by atoms with E-state index in [0.29, 0.717) is 16.3 Å². The molecule has 0 fully saturated rings. The number of Topliss-reactive ketones (excluding diaryl/α,β-unsaturated/α-hetero) is 1. The van der Waals surface area contributed by atoms with Crippen LogP contribution in [0.15, 0.2) is 28.9 Å². The SMILES string of the molecule is CCc1occc1C(=O)Cc1ccc(Cl)s1. The van der Waals surface area contributed by atoms with E-state index in [1.807, 2.05) is 19.1 Å². The lowest BCUT2D eigenvalue weighted by Crippen LogP contribution is -2.03. The third-order valence-corrected chi connectivity index (χ3v) is 3.56. The molecule has 0 N–H and O–H groups in total. The summed E-state index contributed by atoms with van der Waals surface area (Å²) in [6, 6.07) is 5.43. The molecule has 0 atom stereocenters. The highest BCUT2D eigenvalue weighted by Crippen LogP contribution is 2.23. The van der Waals surface area contributed by atoms with E-state index in [1.54, 1.807) is 12.3 Å². The average Bonchev–Trinajstić information content (AvgIpc) is 2.86. The molecule has 84 valence electrons. The van der Waals surface area contributed by atoms with E-state index in [0.717, 1.165) is 17.1 Å². The summed E-state index contributed by atoms with van der Waals surface area (Å²) in [5.41, 5.74) is 0.687. The van der Waals surface area contributed by atoms with Crippen LogP contribution < -0.4 is 0 Å². The first kappa shape index (κ1) is 11.4. The largest absolute Gasteiger partial charge is 0.469 e. The lowest BCUT2D eigenvalue weighted by atomic mass is 10.1. The molecular weight excluding hydrogens is 244 g/mol. The molecule has 0 aliphatic carbocycles. The molecule has 2 nitrogen and oxygen atoms in total. The van der Waals surface area contributed by atoms with Crippen molar-refractivity contribution in [1.82, 2.24) is 0 Å². The maximum Gasteiger partial charge on any atom is 0.171 e. The fourth-order valence-corrected chi connectivity index (χ4v) is 2.65. The number of aryl methyl sites for hydroxylation is 1. The molecule has 2 heterocycles. The number of carbonyl (C=O) groups is 1. The number of halogens is 1. The Morgan fingerprint density at radius 3 is 2.88 bits per heavy atom. The standard InChI is InChI=1S/C12H11ClO2S/c1-2-11-9(5-6-15-11)10(14)7-8-3-4-12(13)16-8/h3-6H,2,7H2,1H3. The van der Waals surface area contributed by atoms with Gasteiger partial charge in [-0.05, 0) is 18.2 Å². The number of carbonyl (C=O) groups excluding carboxylic acids is 1. The second kappa shape index (κ2) is 4.85. The zero-order valence-corrected chi connectivity index (χ0v) is 10.4. The quantitative estimate of drug-likeness (QED) is 0.773. The summed E-state index contributed by atoms with van der Waals surface area (Å²) in [6.07, 6.45) is 2.69. The normalized spacial score (nSPS) is 10.6. The number of hydrogen-bond acceptors (Lipinski definition) is 3. The van der Waals surface area contributed by atoms with E-state index in [1.165, 1.54) is 11.3 Å². The highest BCUT2D eigenvalue weighted by molar-refractivity contribution is 7.16. The van der Waals surface area contributed by atoms with Crippen LogP contribution in [-0.2, 0) is 12.8 Å². The molecule has 0 amide bonds.